The van der Waals surface area contributed by atoms with Crippen LogP contribution in [0.2, 0.25) is 0 Å². The molecule has 252 valence electrons. The number of hydrogen-bond acceptors (Lipinski definition) is 10. The van der Waals surface area contributed by atoms with Gasteiger partial charge in [0.2, 0.25) is 5.91 Å². The zero-order valence-corrected chi connectivity index (χ0v) is 26.2. The lowest BCUT2D eigenvalue weighted by molar-refractivity contribution is -0.199. The summed E-state index contributed by atoms with van der Waals surface area (Å²) in [5, 5.41) is 56.0. The Morgan fingerprint density at radius 3 is 2.26 bits per heavy atom. The van der Waals surface area contributed by atoms with Crippen LogP contribution in [0, 0.1) is 12.8 Å². The fraction of sp³-hybridized carbons (Fsp3) is 0.529. The molecule has 3 fully saturated rings. The lowest BCUT2D eigenvalue weighted by Gasteiger charge is -2.64. The normalized spacial score (nSPS) is 29.7. The fourth-order valence-electron chi connectivity index (χ4n) is 8.46. The van der Waals surface area contributed by atoms with Gasteiger partial charge in [0, 0.05) is 30.6 Å². The van der Waals surface area contributed by atoms with Crippen LogP contribution in [-0.2, 0) is 26.2 Å². The SMILES string of the molecule is CC(=O)N(C(=O)c1ccccc1C)[C@H]1CC[C@@]2(O)[C@H]3Cc4ccc(O)c5c4[C@@]2(CCN3CC2CC2)[C@H]1O5.O=C(O)C(O)C(O)C(=O)O. The predicted molar refractivity (Wildman–Crippen MR) is 164 cm³/mol. The predicted octanol–water partition coefficient (Wildman–Crippen LogP) is 1.20. The van der Waals surface area contributed by atoms with E-state index in [9.17, 15) is 29.4 Å². The van der Waals surface area contributed by atoms with Crippen LogP contribution in [0.5, 0.6) is 11.5 Å². The van der Waals surface area contributed by atoms with Gasteiger partial charge in [-0.15, -0.1) is 0 Å². The molecular weight excluding hydrogens is 612 g/mol. The molecule has 1 spiro atoms. The minimum absolute atomic E-state index is 0.0465. The van der Waals surface area contributed by atoms with Crippen LogP contribution in [0.4, 0.5) is 0 Å². The molecule has 2 bridgehead atoms. The van der Waals surface area contributed by atoms with E-state index in [0.717, 1.165) is 29.8 Å². The molecule has 47 heavy (non-hydrogen) atoms. The smallest absolute Gasteiger partial charge is 0.335 e. The number of aliphatic hydroxyl groups is 3. The van der Waals surface area contributed by atoms with Crippen molar-refractivity contribution < 1.29 is 54.6 Å². The molecule has 5 aliphatic rings. The monoisotopic (exact) mass is 652 g/mol. The van der Waals surface area contributed by atoms with Crippen molar-refractivity contribution in [3.63, 3.8) is 0 Å². The molecule has 0 aromatic heterocycles. The van der Waals surface area contributed by atoms with Crippen LogP contribution >= 0.6 is 0 Å². The topological polar surface area (TPSA) is 205 Å². The Balaban J connectivity index is 0.000000337. The number of aromatic hydroxyl groups is 1. The van der Waals surface area contributed by atoms with E-state index in [-0.39, 0.29) is 23.6 Å². The lowest BCUT2D eigenvalue weighted by atomic mass is 9.48. The van der Waals surface area contributed by atoms with Gasteiger partial charge in [-0.2, -0.15) is 0 Å². The number of aliphatic hydroxyl groups excluding tert-OH is 2. The van der Waals surface area contributed by atoms with Crippen molar-refractivity contribution in [2.45, 2.75) is 93.8 Å². The number of amides is 2. The van der Waals surface area contributed by atoms with Crippen LogP contribution in [-0.4, -0.2) is 113 Å². The third-order valence-electron chi connectivity index (χ3n) is 10.8. The standard InChI is InChI=1S/C30H34N2O5.C4H6O6/c1-17-5-3-4-6-21(17)28(35)32(18(2)33)22-11-12-30(36)24-15-20-9-10-23(34)26-25(20)29(30,27(22)37-26)13-14-31(24)16-19-7-8-19;5-1(3(7)8)2(6)4(9)10/h3-6,9-10,19,22,24,27,34,36H,7-8,11-16H2,1-2H3;1-2,5-6H,(H,7,8)(H,9,10)/t22-,24+,27-,29-,30+;/m0./s1. The van der Waals surface area contributed by atoms with E-state index in [2.05, 4.69) is 4.90 Å². The van der Waals surface area contributed by atoms with Gasteiger partial charge in [-0.25, -0.2) is 9.59 Å². The minimum atomic E-state index is -2.27. The van der Waals surface area contributed by atoms with Crippen molar-refractivity contribution in [2.24, 2.45) is 5.92 Å². The first kappa shape index (κ1) is 32.9. The van der Waals surface area contributed by atoms with Gasteiger partial charge in [-0.05, 0) is 81.2 Å². The summed E-state index contributed by atoms with van der Waals surface area (Å²) in [6.07, 6.45) is -0.325. The quantitative estimate of drug-likeness (QED) is 0.250. The van der Waals surface area contributed by atoms with Crippen LogP contribution in [0.25, 0.3) is 0 Å². The number of piperidine rings is 1. The first-order valence-electron chi connectivity index (χ1n) is 15.9. The Hall–Kier alpha value is -4.04. The van der Waals surface area contributed by atoms with Gasteiger partial charge in [0.1, 0.15) is 6.10 Å². The van der Waals surface area contributed by atoms with E-state index in [0.29, 0.717) is 42.9 Å². The summed E-state index contributed by atoms with van der Waals surface area (Å²) in [5.41, 5.74) is 1.48. The Morgan fingerprint density at radius 1 is 1.00 bits per heavy atom. The number of likely N-dealkylation sites (tertiary alicyclic amines) is 1. The number of imide groups is 1. The van der Waals surface area contributed by atoms with Crippen molar-refractivity contribution >= 4 is 23.8 Å². The highest BCUT2D eigenvalue weighted by Crippen LogP contribution is 2.66. The summed E-state index contributed by atoms with van der Waals surface area (Å²) in [7, 11) is 0. The molecule has 0 radical (unpaired) electrons. The maximum absolute atomic E-state index is 13.9. The third-order valence-corrected chi connectivity index (χ3v) is 10.8. The molecule has 2 aliphatic heterocycles. The molecule has 2 aromatic rings. The van der Waals surface area contributed by atoms with E-state index in [1.807, 2.05) is 31.2 Å². The average molecular weight is 653 g/mol. The zero-order chi connectivity index (χ0) is 34.0. The first-order chi connectivity index (χ1) is 22.2. The molecule has 3 aliphatic carbocycles. The van der Waals surface area contributed by atoms with E-state index in [1.54, 1.807) is 12.1 Å². The molecule has 7 atom stereocenters. The molecule has 2 heterocycles. The van der Waals surface area contributed by atoms with Crippen LogP contribution < -0.4 is 4.74 Å². The molecule has 6 N–H and O–H groups in total. The number of aryl methyl sites for hydroxylation is 1. The van der Waals surface area contributed by atoms with E-state index in [1.165, 1.54) is 24.7 Å². The Bertz CT molecular complexity index is 1610. The number of phenols is 1. The Labute approximate surface area is 271 Å². The minimum Gasteiger partial charge on any atom is -0.504 e. The number of hydrogen-bond donors (Lipinski definition) is 6. The van der Waals surface area contributed by atoms with Crippen molar-refractivity contribution in [2.75, 3.05) is 13.1 Å². The molecule has 2 aromatic carbocycles. The lowest BCUT2D eigenvalue weighted by Crippen LogP contribution is -2.78. The molecule has 2 unspecified atom stereocenters. The highest BCUT2D eigenvalue weighted by molar-refractivity contribution is 6.05. The number of carboxylic acids is 2. The van der Waals surface area contributed by atoms with Gasteiger partial charge in [0.15, 0.2) is 23.7 Å². The van der Waals surface area contributed by atoms with Crippen molar-refractivity contribution in [3.8, 4) is 11.5 Å². The largest absolute Gasteiger partial charge is 0.504 e. The van der Waals surface area contributed by atoms with Crippen molar-refractivity contribution in [1.29, 1.82) is 0 Å². The maximum Gasteiger partial charge on any atom is 0.335 e. The Kier molecular flexibility index (Phi) is 8.32. The number of carbonyl (C=O) groups excluding carboxylic acids is 2. The highest BCUT2D eigenvalue weighted by Gasteiger charge is 2.73. The summed E-state index contributed by atoms with van der Waals surface area (Å²) in [6.45, 7) is 5.14. The van der Waals surface area contributed by atoms with Gasteiger partial charge < -0.3 is 35.4 Å². The van der Waals surface area contributed by atoms with Gasteiger partial charge in [-0.1, -0.05) is 24.3 Å². The van der Waals surface area contributed by atoms with Gasteiger partial charge in [0.25, 0.3) is 5.91 Å². The molecule has 1 saturated heterocycles. The molecule has 2 saturated carbocycles. The molecule has 2 amide bonds. The van der Waals surface area contributed by atoms with Gasteiger partial charge in [-0.3, -0.25) is 19.4 Å². The van der Waals surface area contributed by atoms with Gasteiger partial charge >= 0.3 is 11.9 Å². The maximum atomic E-state index is 13.9. The number of carboxylic acid groups (broad SMARTS) is 2. The molecular formula is C34H40N2O11. The summed E-state index contributed by atoms with van der Waals surface area (Å²) in [6, 6.07) is 10.4. The number of phenolic OH excluding ortho intramolecular Hbond substituents is 1. The summed E-state index contributed by atoms with van der Waals surface area (Å²) < 4.78 is 6.59. The second kappa shape index (κ2) is 11.9. The molecule has 7 rings (SSSR count). The second-order valence-corrected chi connectivity index (χ2v) is 13.5. The average Bonchev–Trinajstić information content (AvgIpc) is 3.77. The number of nitrogens with zero attached hydrogens (tertiary/aromatic N) is 2. The first-order valence-corrected chi connectivity index (χ1v) is 15.9. The molecule has 13 heteroatoms. The summed E-state index contributed by atoms with van der Waals surface area (Å²) >= 11 is 0. The molecule has 13 nitrogen and oxygen atoms in total. The van der Waals surface area contributed by atoms with Crippen molar-refractivity contribution in [1.82, 2.24) is 9.80 Å². The number of benzene rings is 2. The number of rotatable bonds is 7. The second-order valence-electron chi connectivity index (χ2n) is 13.5. The number of ether oxygens (including phenoxy) is 1. The van der Waals surface area contributed by atoms with Gasteiger partial charge in [0.05, 0.1) is 17.1 Å². The highest BCUT2D eigenvalue weighted by atomic mass is 16.5. The Morgan fingerprint density at radius 2 is 1.66 bits per heavy atom. The third kappa shape index (κ3) is 5.16. The summed E-state index contributed by atoms with van der Waals surface area (Å²) in [5.74, 6) is -3.01. The number of aliphatic carboxylic acids is 2. The summed E-state index contributed by atoms with van der Waals surface area (Å²) in [4.78, 5) is 50.4. The van der Waals surface area contributed by atoms with E-state index in [4.69, 9.17) is 25.2 Å². The van der Waals surface area contributed by atoms with Crippen LogP contribution in [0.3, 0.4) is 0 Å². The fourth-order valence-corrected chi connectivity index (χ4v) is 8.46. The van der Waals surface area contributed by atoms with E-state index < -0.39 is 47.3 Å². The van der Waals surface area contributed by atoms with Crippen LogP contribution in [0.15, 0.2) is 36.4 Å². The van der Waals surface area contributed by atoms with E-state index >= 15 is 0 Å². The zero-order valence-electron chi connectivity index (χ0n) is 26.2. The van der Waals surface area contributed by atoms with Crippen molar-refractivity contribution in [3.05, 3.63) is 58.7 Å². The van der Waals surface area contributed by atoms with Crippen LogP contribution in [0.1, 0.15) is 66.1 Å². The number of carbonyl (C=O) groups is 4.